The Labute approximate surface area is 174 Å². The van der Waals surface area contributed by atoms with Crippen LogP contribution in [0.3, 0.4) is 0 Å². The Morgan fingerprint density at radius 2 is 1.87 bits per heavy atom. The molecule has 0 unspecified atom stereocenters. The summed E-state index contributed by atoms with van der Waals surface area (Å²) in [6.45, 7) is 8.14. The lowest BCUT2D eigenvalue weighted by atomic mass is 10.0. The van der Waals surface area contributed by atoms with Crippen molar-refractivity contribution >= 4 is 34.4 Å². The number of hydrogen-bond donors (Lipinski definition) is 2. The Kier molecular flexibility index (Phi) is 5.10. The molecule has 31 heavy (non-hydrogen) atoms. The summed E-state index contributed by atoms with van der Waals surface area (Å²) < 4.78 is 40.3. The van der Waals surface area contributed by atoms with Crippen LogP contribution in [-0.4, -0.2) is 39.8 Å². The highest BCUT2D eigenvalue weighted by molar-refractivity contribution is 6.39. The monoisotopic (exact) mass is 427 g/mol. The average Bonchev–Trinajstić information content (AvgIpc) is 3.41. The molecule has 2 N–H and O–H groups in total. The van der Waals surface area contributed by atoms with Gasteiger partial charge in [-0.1, -0.05) is 12.1 Å². The van der Waals surface area contributed by atoms with Crippen molar-refractivity contribution in [2.75, 3.05) is 18.4 Å². The quantitative estimate of drug-likeness (QED) is 0.471. The van der Waals surface area contributed by atoms with E-state index in [1.807, 2.05) is 0 Å². The molecule has 2 aromatic heterocycles. The van der Waals surface area contributed by atoms with E-state index in [1.54, 1.807) is 6.07 Å². The van der Waals surface area contributed by atoms with E-state index in [2.05, 4.69) is 20.1 Å². The van der Waals surface area contributed by atoms with Crippen molar-refractivity contribution in [3.05, 3.63) is 53.4 Å². The number of aromatic amines is 1. The lowest BCUT2D eigenvalue weighted by Crippen LogP contribution is -2.37. The van der Waals surface area contributed by atoms with Gasteiger partial charge in [-0.05, 0) is 42.7 Å². The minimum Gasteiger partial charge on any atom is -0.339 e. The molecule has 0 atom stereocenters. The van der Waals surface area contributed by atoms with E-state index in [4.69, 9.17) is 6.57 Å². The van der Waals surface area contributed by atoms with Gasteiger partial charge in [0.1, 0.15) is 11.5 Å². The second-order valence-electron chi connectivity index (χ2n) is 7.11. The van der Waals surface area contributed by atoms with Crippen molar-refractivity contribution in [3.63, 3.8) is 0 Å². The minimum atomic E-state index is -4.60. The highest BCUT2D eigenvalue weighted by Gasteiger charge is 2.34. The predicted molar refractivity (Wildman–Crippen MR) is 107 cm³/mol. The first-order valence-electron chi connectivity index (χ1n) is 9.45. The van der Waals surface area contributed by atoms with Crippen LogP contribution in [0.1, 0.15) is 18.4 Å². The molecule has 3 heterocycles. The fourth-order valence-corrected chi connectivity index (χ4v) is 3.53. The van der Waals surface area contributed by atoms with Crippen LogP contribution in [0.15, 0.2) is 36.4 Å². The van der Waals surface area contributed by atoms with Gasteiger partial charge in [0.15, 0.2) is 5.69 Å². The fraction of sp³-hybridized carbons (Fsp3) is 0.238. The van der Waals surface area contributed by atoms with E-state index >= 15 is 0 Å². The maximum absolute atomic E-state index is 13.4. The van der Waals surface area contributed by atoms with Gasteiger partial charge in [-0.2, -0.15) is 13.2 Å². The van der Waals surface area contributed by atoms with Crippen LogP contribution in [0.25, 0.3) is 27.1 Å². The largest absolute Gasteiger partial charge is 0.416 e. The Hall–Kier alpha value is -3.87. The van der Waals surface area contributed by atoms with Crippen LogP contribution in [-0.2, 0) is 15.8 Å². The summed E-state index contributed by atoms with van der Waals surface area (Å²) in [7, 11) is 0. The number of nitrogens with zero attached hydrogens (tertiary/aromatic N) is 3. The summed E-state index contributed by atoms with van der Waals surface area (Å²) in [4.78, 5) is 36.0. The van der Waals surface area contributed by atoms with E-state index in [0.717, 1.165) is 31.0 Å². The van der Waals surface area contributed by atoms with E-state index < -0.39 is 23.6 Å². The van der Waals surface area contributed by atoms with Crippen molar-refractivity contribution in [1.29, 1.82) is 0 Å². The predicted octanol–water partition coefficient (Wildman–Crippen LogP) is 4.36. The Balaban J connectivity index is 1.65. The van der Waals surface area contributed by atoms with Crippen molar-refractivity contribution in [1.82, 2.24) is 14.9 Å². The topological polar surface area (TPSA) is 82.4 Å². The molecule has 1 aliphatic rings. The summed E-state index contributed by atoms with van der Waals surface area (Å²) >= 11 is 0. The van der Waals surface area contributed by atoms with Crippen molar-refractivity contribution in [3.8, 4) is 11.3 Å². The van der Waals surface area contributed by atoms with Crippen LogP contribution >= 0.6 is 0 Å². The van der Waals surface area contributed by atoms with Gasteiger partial charge in [-0.15, -0.1) is 0 Å². The lowest BCUT2D eigenvalue weighted by molar-refractivity contribution is -0.142. The molecule has 0 bridgehead atoms. The van der Waals surface area contributed by atoms with Crippen LogP contribution in [0.5, 0.6) is 0 Å². The molecule has 1 fully saturated rings. The van der Waals surface area contributed by atoms with Gasteiger partial charge in [-0.25, -0.2) is 9.83 Å². The molecule has 1 aliphatic heterocycles. The molecule has 4 rings (SSSR count). The highest BCUT2D eigenvalue weighted by atomic mass is 19.4. The number of carbonyl (C=O) groups is 2. The Morgan fingerprint density at radius 3 is 2.55 bits per heavy atom. The zero-order chi connectivity index (χ0) is 22.2. The SMILES string of the molecule is [C-]#[N+]c1ccc(C(F)(F)F)c(-c2cc3ccc(NC(=O)C(=O)N4CCCC4)nc3[nH]2)c1. The fourth-order valence-electron chi connectivity index (χ4n) is 3.53. The summed E-state index contributed by atoms with van der Waals surface area (Å²) in [6.07, 6.45) is -2.90. The Morgan fingerprint density at radius 1 is 1.13 bits per heavy atom. The van der Waals surface area contributed by atoms with Gasteiger partial charge < -0.3 is 15.2 Å². The third-order valence-corrected chi connectivity index (χ3v) is 5.04. The van der Waals surface area contributed by atoms with Gasteiger partial charge in [0.25, 0.3) is 0 Å². The first-order valence-corrected chi connectivity index (χ1v) is 9.45. The van der Waals surface area contributed by atoms with Gasteiger partial charge in [-0.3, -0.25) is 9.59 Å². The number of likely N-dealkylation sites (tertiary alicyclic amines) is 1. The first kappa shape index (κ1) is 20.4. The zero-order valence-electron chi connectivity index (χ0n) is 16.1. The van der Waals surface area contributed by atoms with Gasteiger partial charge in [0.2, 0.25) is 0 Å². The Bertz CT molecular complexity index is 1220. The number of alkyl halides is 3. The second-order valence-corrected chi connectivity index (χ2v) is 7.11. The third-order valence-electron chi connectivity index (χ3n) is 5.04. The molecule has 7 nitrogen and oxygen atoms in total. The molecular formula is C21H16F3N5O2. The number of pyridine rings is 1. The van der Waals surface area contributed by atoms with E-state index in [1.165, 1.54) is 17.0 Å². The molecule has 0 spiro atoms. The van der Waals surface area contributed by atoms with Crippen LogP contribution in [0.4, 0.5) is 24.7 Å². The van der Waals surface area contributed by atoms with Crippen LogP contribution in [0, 0.1) is 6.57 Å². The van der Waals surface area contributed by atoms with Crippen molar-refractivity contribution in [2.24, 2.45) is 0 Å². The molecule has 2 amide bonds. The summed E-state index contributed by atoms with van der Waals surface area (Å²) in [5.74, 6) is -1.36. The average molecular weight is 427 g/mol. The normalized spacial score (nSPS) is 13.9. The molecule has 0 aliphatic carbocycles. The summed E-state index contributed by atoms with van der Waals surface area (Å²) in [5.41, 5.74) is -0.604. The number of carbonyl (C=O) groups excluding carboxylic acids is 2. The lowest BCUT2D eigenvalue weighted by Gasteiger charge is -2.14. The van der Waals surface area contributed by atoms with Gasteiger partial charge >= 0.3 is 18.0 Å². The highest BCUT2D eigenvalue weighted by Crippen LogP contribution is 2.39. The number of H-pyrrole nitrogens is 1. The summed E-state index contributed by atoms with van der Waals surface area (Å²) in [6, 6.07) is 7.68. The van der Waals surface area contributed by atoms with Gasteiger partial charge in [0, 0.05) is 24.2 Å². The molecule has 0 saturated carbocycles. The smallest absolute Gasteiger partial charge is 0.339 e. The molecule has 0 radical (unpaired) electrons. The van der Waals surface area contributed by atoms with Crippen molar-refractivity contribution < 1.29 is 22.8 Å². The number of aromatic nitrogens is 2. The minimum absolute atomic E-state index is 0.0722. The number of benzene rings is 1. The molecular weight excluding hydrogens is 411 g/mol. The molecule has 10 heteroatoms. The number of halogens is 3. The molecule has 1 saturated heterocycles. The molecule has 3 aromatic rings. The number of nitrogens with one attached hydrogen (secondary N) is 2. The van der Waals surface area contributed by atoms with E-state index in [9.17, 15) is 22.8 Å². The second kappa shape index (κ2) is 7.75. The van der Waals surface area contributed by atoms with Crippen LogP contribution in [0.2, 0.25) is 0 Å². The first-order chi connectivity index (χ1) is 14.8. The molecule has 1 aromatic carbocycles. The van der Waals surface area contributed by atoms with E-state index in [0.29, 0.717) is 18.5 Å². The van der Waals surface area contributed by atoms with Crippen LogP contribution < -0.4 is 5.32 Å². The third kappa shape index (κ3) is 4.07. The zero-order valence-corrected chi connectivity index (χ0v) is 16.1. The van der Waals surface area contributed by atoms with E-state index in [-0.39, 0.29) is 28.4 Å². The van der Waals surface area contributed by atoms with Crippen molar-refractivity contribution in [2.45, 2.75) is 19.0 Å². The maximum Gasteiger partial charge on any atom is 0.416 e. The van der Waals surface area contributed by atoms with Gasteiger partial charge in [0.05, 0.1) is 12.1 Å². The number of rotatable bonds is 2. The number of amides is 2. The standard InChI is InChI=1S/C21H16F3N5O2/c1-25-13-5-6-15(21(22,23)24)14(11-13)16-10-12-4-7-17(27-18(12)26-16)28-19(30)20(31)29-8-2-3-9-29/h4-7,10-11H,2-3,8-9H2,(H2,26,27,28,30). The maximum atomic E-state index is 13.4. The number of fused-ring (bicyclic) bond motifs is 1. The number of anilines is 1. The summed E-state index contributed by atoms with van der Waals surface area (Å²) in [5, 5.41) is 2.95. The molecule has 158 valence electrons. The number of hydrogen-bond acceptors (Lipinski definition) is 3.